The molecule has 7 nitrogen and oxygen atoms in total. The molecule has 0 saturated heterocycles. The van der Waals surface area contributed by atoms with Crippen LogP contribution in [0.5, 0.6) is 0 Å². The van der Waals surface area contributed by atoms with Gasteiger partial charge in [-0.05, 0) is 6.07 Å². The maximum absolute atomic E-state index is 10.9. The molecule has 0 aliphatic heterocycles. The summed E-state index contributed by atoms with van der Waals surface area (Å²) in [5.74, 6) is -1.04. The number of hydrogen-bond donors (Lipinski definition) is 2. The van der Waals surface area contributed by atoms with Crippen LogP contribution in [0.4, 0.5) is 5.69 Å². The number of rotatable bonds is 4. The molecule has 3 aromatic rings. The Hall–Kier alpha value is -3.00. The first kappa shape index (κ1) is 14.0. The molecule has 1 aromatic carbocycles. The van der Waals surface area contributed by atoms with Crippen LogP contribution in [-0.2, 0) is 0 Å². The third-order valence-corrected chi connectivity index (χ3v) is 3.91. The number of nitrogens with one attached hydrogen (secondary N) is 1. The highest BCUT2D eigenvalue weighted by Crippen LogP contribution is 2.30. The summed E-state index contributed by atoms with van der Waals surface area (Å²) < 4.78 is 0. The number of aromatic carboxylic acids is 1. The molecular formula is C14H9N3O4S. The molecule has 0 amide bonds. The van der Waals surface area contributed by atoms with Crippen molar-refractivity contribution in [2.75, 3.05) is 0 Å². The number of aromatic nitrogens is 2. The molecule has 22 heavy (non-hydrogen) atoms. The second-order valence-electron chi connectivity index (χ2n) is 4.45. The second-order valence-corrected chi connectivity index (χ2v) is 5.31. The lowest BCUT2D eigenvalue weighted by atomic mass is 10.2. The fraction of sp³-hybridized carbons (Fsp3) is 0. The van der Waals surface area contributed by atoms with Crippen LogP contribution in [0.15, 0.2) is 41.9 Å². The van der Waals surface area contributed by atoms with Crippen molar-refractivity contribution in [1.82, 2.24) is 9.97 Å². The van der Waals surface area contributed by atoms with Gasteiger partial charge in [0.1, 0.15) is 10.7 Å². The van der Waals surface area contributed by atoms with E-state index in [0.717, 1.165) is 0 Å². The molecular weight excluding hydrogens is 306 g/mol. The number of H-pyrrole nitrogens is 1. The zero-order valence-corrected chi connectivity index (χ0v) is 11.8. The van der Waals surface area contributed by atoms with Gasteiger partial charge in [-0.3, -0.25) is 10.1 Å². The third-order valence-electron chi connectivity index (χ3n) is 3.02. The molecule has 0 radical (unpaired) electrons. The molecule has 8 heteroatoms. The smallest absolute Gasteiger partial charge is 0.352 e. The second kappa shape index (κ2) is 5.41. The highest BCUT2D eigenvalue weighted by atomic mass is 32.1. The van der Waals surface area contributed by atoms with Crippen LogP contribution < -0.4 is 0 Å². The Morgan fingerprint density at radius 1 is 1.32 bits per heavy atom. The van der Waals surface area contributed by atoms with E-state index in [1.165, 1.54) is 29.5 Å². The first-order valence-corrected chi connectivity index (χ1v) is 7.05. The zero-order valence-electron chi connectivity index (χ0n) is 11.0. The lowest BCUT2D eigenvalue weighted by Crippen LogP contribution is -1.94. The zero-order chi connectivity index (χ0) is 15.7. The van der Waals surface area contributed by atoms with Crippen molar-refractivity contribution in [3.63, 3.8) is 0 Å². The van der Waals surface area contributed by atoms with Crippen molar-refractivity contribution >= 4 is 23.0 Å². The summed E-state index contributed by atoms with van der Waals surface area (Å²) in [6.45, 7) is 0. The van der Waals surface area contributed by atoms with Gasteiger partial charge in [0.25, 0.3) is 5.69 Å². The summed E-state index contributed by atoms with van der Waals surface area (Å²) in [5, 5.41) is 22.1. The molecule has 110 valence electrons. The van der Waals surface area contributed by atoms with Crippen molar-refractivity contribution in [3.05, 3.63) is 57.7 Å². The minimum Gasteiger partial charge on any atom is -0.477 e. The number of carboxylic acids is 1. The van der Waals surface area contributed by atoms with Crippen molar-refractivity contribution in [3.8, 4) is 21.8 Å². The van der Waals surface area contributed by atoms with Crippen molar-refractivity contribution < 1.29 is 14.8 Å². The van der Waals surface area contributed by atoms with Gasteiger partial charge in [0, 0.05) is 34.8 Å². The molecule has 0 atom stereocenters. The fourth-order valence-electron chi connectivity index (χ4n) is 1.96. The predicted molar refractivity (Wildman–Crippen MR) is 81.0 cm³/mol. The van der Waals surface area contributed by atoms with Crippen LogP contribution in [0.1, 0.15) is 10.5 Å². The monoisotopic (exact) mass is 315 g/mol. The number of nitrogens with zero attached hydrogens (tertiary/aromatic N) is 2. The molecule has 0 fully saturated rings. The van der Waals surface area contributed by atoms with Crippen LogP contribution in [0, 0.1) is 10.1 Å². The molecule has 2 heterocycles. The minimum absolute atomic E-state index is 0.00376. The molecule has 0 aliphatic carbocycles. The maximum Gasteiger partial charge on any atom is 0.352 e. The summed E-state index contributed by atoms with van der Waals surface area (Å²) in [7, 11) is 0. The lowest BCUT2D eigenvalue weighted by molar-refractivity contribution is -0.384. The summed E-state index contributed by atoms with van der Waals surface area (Å²) >= 11 is 1.34. The molecule has 0 unspecified atom stereocenters. The highest BCUT2D eigenvalue weighted by molar-refractivity contribution is 7.13. The number of carbonyl (C=O) groups is 1. The van der Waals surface area contributed by atoms with Crippen molar-refractivity contribution in [2.24, 2.45) is 0 Å². The van der Waals surface area contributed by atoms with Crippen LogP contribution >= 0.6 is 11.3 Å². The number of aromatic amines is 1. The van der Waals surface area contributed by atoms with Gasteiger partial charge in [0.2, 0.25) is 0 Å². The number of thiazole rings is 1. The Morgan fingerprint density at radius 2 is 2.14 bits per heavy atom. The average molecular weight is 315 g/mol. The SMILES string of the molecule is O=C(O)c1cc(-c2csc(-c3cccc([N+](=O)[O-])c3)n2)c[nH]1. The predicted octanol–water partition coefficient (Wildman–Crippen LogP) is 3.41. The van der Waals surface area contributed by atoms with Gasteiger partial charge in [0.05, 0.1) is 10.6 Å². The summed E-state index contributed by atoms with van der Waals surface area (Å²) in [4.78, 5) is 28.3. The molecule has 0 aliphatic rings. The number of nitro groups is 1. The molecule has 0 bridgehead atoms. The summed E-state index contributed by atoms with van der Waals surface area (Å²) in [6, 6.07) is 7.73. The quantitative estimate of drug-likeness (QED) is 0.566. The van der Waals surface area contributed by atoms with Gasteiger partial charge in [-0.1, -0.05) is 12.1 Å². The van der Waals surface area contributed by atoms with Gasteiger partial charge in [-0.25, -0.2) is 9.78 Å². The van der Waals surface area contributed by atoms with Crippen LogP contribution in [0.2, 0.25) is 0 Å². The highest BCUT2D eigenvalue weighted by Gasteiger charge is 2.13. The van der Waals surface area contributed by atoms with Crippen molar-refractivity contribution in [2.45, 2.75) is 0 Å². The standard InChI is InChI=1S/C14H9N3O4S/c18-14(19)11-5-9(6-15-11)12-7-22-13(16-12)8-2-1-3-10(4-8)17(20)21/h1-7,15H,(H,18,19). The van der Waals surface area contributed by atoms with E-state index in [1.54, 1.807) is 23.7 Å². The van der Waals surface area contributed by atoms with E-state index in [2.05, 4.69) is 9.97 Å². The first-order chi connectivity index (χ1) is 10.5. The van der Waals surface area contributed by atoms with Gasteiger partial charge < -0.3 is 10.1 Å². The van der Waals surface area contributed by atoms with Crippen LogP contribution in [0.25, 0.3) is 21.8 Å². The Bertz CT molecular complexity index is 868. The average Bonchev–Trinajstić information content (AvgIpc) is 3.16. The van der Waals surface area contributed by atoms with E-state index in [-0.39, 0.29) is 11.4 Å². The Balaban J connectivity index is 1.94. The van der Waals surface area contributed by atoms with Crippen molar-refractivity contribution in [1.29, 1.82) is 0 Å². The van der Waals surface area contributed by atoms with E-state index in [0.29, 0.717) is 21.8 Å². The number of carboxylic acid groups (broad SMARTS) is 1. The Labute approximate surface area is 128 Å². The van der Waals surface area contributed by atoms with Gasteiger partial charge >= 0.3 is 5.97 Å². The normalized spacial score (nSPS) is 10.5. The van der Waals surface area contributed by atoms with E-state index in [4.69, 9.17) is 5.11 Å². The Morgan fingerprint density at radius 3 is 2.82 bits per heavy atom. The largest absolute Gasteiger partial charge is 0.477 e. The molecule has 2 aromatic heterocycles. The topological polar surface area (TPSA) is 109 Å². The summed E-state index contributed by atoms with van der Waals surface area (Å²) in [5.41, 5.74) is 2.02. The third kappa shape index (κ3) is 2.59. The van der Waals surface area contributed by atoms with Crippen LogP contribution in [0.3, 0.4) is 0 Å². The van der Waals surface area contributed by atoms with Gasteiger partial charge in [-0.2, -0.15) is 0 Å². The van der Waals surface area contributed by atoms with E-state index < -0.39 is 10.9 Å². The number of benzene rings is 1. The van der Waals surface area contributed by atoms with Gasteiger partial charge in [-0.15, -0.1) is 11.3 Å². The molecule has 2 N–H and O–H groups in total. The summed E-state index contributed by atoms with van der Waals surface area (Å²) in [6.07, 6.45) is 1.57. The maximum atomic E-state index is 10.9. The fourth-order valence-corrected chi connectivity index (χ4v) is 2.78. The van der Waals surface area contributed by atoms with Crippen LogP contribution in [-0.4, -0.2) is 26.0 Å². The number of nitro benzene ring substituents is 1. The molecule has 0 spiro atoms. The minimum atomic E-state index is -1.04. The Kier molecular flexibility index (Phi) is 3.43. The first-order valence-electron chi connectivity index (χ1n) is 6.17. The van der Waals surface area contributed by atoms with E-state index in [9.17, 15) is 14.9 Å². The van der Waals surface area contributed by atoms with E-state index in [1.807, 2.05) is 0 Å². The number of non-ortho nitro benzene ring substituents is 1. The molecule has 3 rings (SSSR count). The van der Waals surface area contributed by atoms with Gasteiger partial charge in [0.15, 0.2) is 0 Å². The lowest BCUT2D eigenvalue weighted by Gasteiger charge is -1.96. The molecule has 0 saturated carbocycles. The van der Waals surface area contributed by atoms with E-state index >= 15 is 0 Å². The number of hydrogen-bond acceptors (Lipinski definition) is 5.